The van der Waals surface area contributed by atoms with E-state index in [2.05, 4.69) is 222 Å². The zero-order valence-electron chi connectivity index (χ0n) is 39.1. The lowest BCUT2D eigenvalue weighted by Crippen LogP contribution is -2.17. The topological polar surface area (TPSA) is 50.9 Å². The standard InChI is InChI=1S/C58H63N3O/c1-35(2)45-31-39(37-20-15-14-16-21-37)32-46(36(3)4)53(45)61-51-25-19-23-44(52(51)60-55(61)47-33-43(57(8,9)10)34-48(54(47)62)58(11,12)13)40-28-41(30-42(29-40)56(5,6)7)50-27-26-38-22-17-18-24-49(38)59-50/h14-36,62H,1-13H3. The molecule has 4 nitrogen and oxygen atoms in total. The molecule has 0 bridgehead atoms. The van der Waals surface area contributed by atoms with Crippen LogP contribution in [0.25, 0.3) is 72.5 Å². The van der Waals surface area contributed by atoms with Crippen LogP contribution in [0, 0.1) is 0 Å². The van der Waals surface area contributed by atoms with Crippen LogP contribution in [-0.4, -0.2) is 19.6 Å². The first-order valence-corrected chi connectivity index (χ1v) is 22.4. The Bertz CT molecular complexity index is 2930. The van der Waals surface area contributed by atoms with Crippen LogP contribution in [0.2, 0.25) is 0 Å². The fourth-order valence-corrected chi connectivity index (χ4v) is 8.76. The van der Waals surface area contributed by atoms with Crippen molar-refractivity contribution in [2.24, 2.45) is 0 Å². The van der Waals surface area contributed by atoms with Crippen LogP contribution in [0.15, 0.2) is 127 Å². The van der Waals surface area contributed by atoms with Gasteiger partial charge >= 0.3 is 0 Å². The summed E-state index contributed by atoms with van der Waals surface area (Å²) in [5.74, 6) is 1.40. The monoisotopic (exact) mass is 817 g/mol. The van der Waals surface area contributed by atoms with Crippen molar-refractivity contribution in [3.05, 3.63) is 155 Å². The Morgan fingerprint density at radius 1 is 0.500 bits per heavy atom. The molecule has 2 aromatic heterocycles. The summed E-state index contributed by atoms with van der Waals surface area (Å²) in [6.07, 6.45) is 0. The molecule has 0 radical (unpaired) electrons. The summed E-state index contributed by atoms with van der Waals surface area (Å²) >= 11 is 0. The highest BCUT2D eigenvalue weighted by atomic mass is 16.3. The molecule has 8 rings (SSSR count). The van der Waals surface area contributed by atoms with E-state index in [9.17, 15) is 5.11 Å². The lowest BCUT2D eigenvalue weighted by atomic mass is 9.78. The number of nitrogens with zero attached hydrogens (tertiary/aromatic N) is 3. The summed E-state index contributed by atoms with van der Waals surface area (Å²) in [7, 11) is 0. The van der Waals surface area contributed by atoms with Gasteiger partial charge in [0.1, 0.15) is 11.6 Å². The lowest BCUT2D eigenvalue weighted by Gasteiger charge is -2.28. The van der Waals surface area contributed by atoms with E-state index in [1.54, 1.807) is 0 Å². The molecule has 8 aromatic rings. The number of phenols is 1. The molecule has 0 unspecified atom stereocenters. The van der Waals surface area contributed by atoms with Crippen molar-refractivity contribution in [2.45, 2.75) is 118 Å². The molecule has 0 aliphatic heterocycles. The minimum atomic E-state index is -0.313. The van der Waals surface area contributed by atoms with Crippen molar-refractivity contribution in [1.82, 2.24) is 14.5 Å². The molecule has 0 spiro atoms. The van der Waals surface area contributed by atoms with Crippen LogP contribution >= 0.6 is 0 Å². The maximum absolute atomic E-state index is 12.6. The van der Waals surface area contributed by atoms with Crippen LogP contribution in [-0.2, 0) is 16.2 Å². The third-order valence-corrected chi connectivity index (χ3v) is 12.5. The second-order valence-corrected chi connectivity index (χ2v) is 21.0. The van der Waals surface area contributed by atoms with Gasteiger partial charge in [0.05, 0.1) is 33.5 Å². The molecule has 1 N–H and O–H groups in total. The van der Waals surface area contributed by atoms with Gasteiger partial charge in [0.15, 0.2) is 0 Å². The summed E-state index contributed by atoms with van der Waals surface area (Å²) in [5.41, 5.74) is 16.4. The normalized spacial score (nSPS) is 12.6. The van der Waals surface area contributed by atoms with Crippen molar-refractivity contribution in [3.8, 4) is 56.3 Å². The molecule has 0 aliphatic carbocycles. The number of fused-ring (bicyclic) bond motifs is 2. The number of para-hydroxylation sites is 2. The van der Waals surface area contributed by atoms with Gasteiger partial charge in [-0.1, -0.05) is 169 Å². The number of hydrogen-bond donors (Lipinski definition) is 1. The summed E-state index contributed by atoms with van der Waals surface area (Å²) in [6, 6.07) is 46.0. The van der Waals surface area contributed by atoms with Crippen LogP contribution in [0.3, 0.4) is 0 Å². The molecule has 0 saturated carbocycles. The Morgan fingerprint density at radius 2 is 1.11 bits per heavy atom. The van der Waals surface area contributed by atoms with Gasteiger partial charge in [-0.15, -0.1) is 0 Å². The number of benzene rings is 6. The van der Waals surface area contributed by atoms with Crippen molar-refractivity contribution in [1.29, 1.82) is 0 Å². The Kier molecular flexibility index (Phi) is 10.8. The van der Waals surface area contributed by atoms with Crippen LogP contribution in [0.5, 0.6) is 5.75 Å². The average Bonchev–Trinajstić information content (AvgIpc) is 3.61. The predicted molar refractivity (Wildman–Crippen MR) is 264 cm³/mol. The van der Waals surface area contributed by atoms with Crippen LogP contribution in [0.1, 0.15) is 130 Å². The number of aromatic nitrogens is 3. The summed E-state index contributed by atoms with van der Waals surface area (Å²) in [5, 5.41) is 13.7. The van der Waals surface area contributed by atoms with E-state index in [0.717, 1.165) is 72.5 Å². The smallest absolute Gasteiger partial charge is 0.149 e. The predicted octanol–water partition coefficient (Wildman–Crippen LogP) is 16.1. The van der Waals surface area contributed by atoms with Crippen molar-refractivity contribution in [3.63, 3.8) is 0 Å². The molecule has 0 aliphatic rings. The van der Waals surface area contributed by atoms with Gasteiger partial charge in [0.25, 0.3) is 0 Å². The number of rotatable bonds is 7. The van der Waals surface area contributed by atoms with Crippen molar-refractivity contribution in [2.75, 3.05) is 0 Å². The van der Waals surface area contributed by atoms with Gasteiger partial charge in [-0.05, 0) is 116 Å². The average molecular weight is 818 g/mol. The third-order valence-electron chi connectivity index (χ3n) is 12.5. The minimum Gasteiger partial charge on any atom is -0.507 e. The molecular formula is C58H63N3O. The Labute approximate surface area is 369 Å². The van der Waals surface area contributed by atoms with Crippen LogP contribution < -0.4 is 0 Å². The molecular weight excluding hydrogens is 755 g/mol. The number of hydrogen-bond acceptors (Lipinski definition) is 3. The maximum atomic E-state index is 12.6. The number of pyridine rings is 1. The molecule has 0 saturated heterocycles. The molecule has 6 aromatic carbocycles. The van der Waals surface area contributed by atoms with Crippen molar-refractivity contribution >= 4 is 21.9 Å². The molecule has 4 heteroatoms. The van der Waals surface area contributed by atoms with Gasteiger partial charge in [-0.3, -0.25) is 4.57 Å². The Balaban J connectivity index is 1.50. The molecule has 0 amide bonds. The Hall–Kier alpha value is -6.00. The highest BCUT2D eigenvalue weighted by Gasteiger charge is 2.31. The highest BCUT2D eigenvalue weighted by molar-refractivity contribution is 5.97. The van der Waals surface area contributed by atoms with Gasteiger partial charge in [0, 0.05) is 22.1 Å². The van der Waals surface area contributed by atoms with E-state index in [1.165, 1.54) is 27.8 Å². The fraction of sp³-hybridized carbons (Fsp3) is 0.310. The van der Waals surface area contributed by atoms with Gasteiger partial charge in [-0.2, -0.15) is 0 Å². The second kappa shape index (κ2) is 15.7. The molecule has 62 heavy (non-hydrogen) atoms. The molecule has 0 atom stereocenters. The number of aromatic hydroxyl groups is 1. The quantitative estimate of drug-likeness (QED) is 0.174. The Morgan fingerprint density at radius 3 is 1.74 bits per heavy atom. The van der Waals surface area contributed by atoms with Crippen LogP contribution in [0.4, 0.5) is 0 Å². The fourth-order valence-electron chi connectivity index (χ4n) is 8.76. The van der Waals surface area contributed by atoms with E-state index in [0.29, 0.717) is 0 Å². The first-order chi connectivity index (χ1) is 29.2. The zero-order chi connectivity index (χ0) is 44.5. The summed E-state index contributed by atoms with van der Waals surface area (Å²) in [6.45, 7) is 29.3. The van der Waals surface area contributed by atoms with Gasteiger partial charge < -0.3 is 5.11 Å². The third kappa shape index (κ3) is 7.97. The highest BCUT2D eigenvalue weighted by Crippen LogP contribution is 2.47. The number of imidazole rings is 1. The number of phenolic OH excluding ortho intramolecular Hbond substituents is 1. The first kappa shape index (κ1) is 42.7. The van der Waals surface area contributed by atoms with Crippen molar-refractivity contribution < 1.29 is 5.11 Å². The second-order valence-electron chi connectivity index (χ2n) is 21.0. The first-order valence-electron chi connectivity index (χ1n) is 22.4. The largest absolute Gasteiger partial charge is 0.507 e. The zero-order valence-corrected chi connectivity index (χ0v) is 39.1. The lowest BCUT2D eigenvalue weighted by molar-refractivity contribution is 0.446. The van der Waals surface area contributed by atoms with E-state index in [4.69, 9.17) is 9.97 Å². The SMILES string of the molecule is CC(C)c1cc(-c2ccccc2)cc(C(C)C)c1-n1c(-c2cc(C(C)(C)C)cc(C(C)(C)C)c2O)nc2c(-c3cc(-c4ccc5ccccc5n4)cc(C(C)(C)C)c3)cccc21. The maximum Gasteiger partial charge on any atom is 0.149 e. The molecule has 2 heterocycles. The van der Waals surface area contributed by atoms with E-state index in [-0.39, 0.29) is 33.8 Å². The molecule has 0 fully saturated rings. The van der Waals surface area contributed by atoms with E-state index in [1.807, 2.05) is 0 Å². The molecule has 316 valence electrons. The van der Waals surface area contributed by atoms with E-state index >= 15 is 0 Å². The van der Waals surface area contributed by atoms with Gasteiger partial charge in [-0.25, -0.2) is 9.97 Å². The minimum absolute atomic E-state index is 0.124. The summed E-state index contributed by atoms with van der Waals surface area (Å²) in [4.78, 5) is 10.9. The van der Waals surface area contributed by atoms with E-state index < -0.39 is 0 Å². The summed E-state index contributed by atoms with van der Waals surface area (Å²) < 4.78 is 2.38. The van der Waals surface area contributed by atoms with Gasteiger partial charge in [0.2, 0.25) is 0 Å².